The topological polar surface area (TPSA) is 93.6 Å². The molecule has 0 unspecified atom stereocenters. The number of halogens is 1. The largest absolute Gasteiger partial charge is 0.348 e. The minimum Gasteiger partial charge on any atom is -0.348 e. The molecule has 0 amide bonds. The third kappa shape index (κ3) is 2.57. The van der Waals surface area contributed by atoms with Gasteiger partial charge in [-0.2, -0.15) is 4.98 Å². The predicted molar refractivity (Wildman–Crippen MR) is 68.9 cm³/mol. The van der Waals surface area contributed by atoms with Crippen LogP contribution in [0.15, 0.2) is 41.3 Å². The summed E-state index contributed by atoms with van der Waals surface area (Å²) in [6.07, 6.45) is 3.77. The van der Waals surface area contributed by atoms with E-state index in [2.05, 4.69) is 20.1 Å². The number of aromatic nitrogens is 4. The molecule has 2 aromatic heterocycles. The van der Waals surface area contributed by atoms with Gasteiger partial charge in [-0.15, -0.1) is 0 Å². The van der Waals surface area contributed by atoms with Crippen LogP contribution in [0.25, 0.3) is 11.4 Å². The van der Waals surface area contributed by atoms with Crippen LogP contribution in [0.1, 0.15) is 17.6 Å². The van der Waals surface area contributed by atoms with Crippen molar-refractivity contribution in [2.45, 2.75) is 12.5 Å². The lowest BCUT2D eigenvalue weighted by atomic mass is 10.2. The van der Waals surface area contributed by atoms with E-state index in [4.69, 9.17) is 10.3 Å². The summed E-state index contributed by atoms with van der Waals surface area (Å²) in [6, 6.07) is 5.55. The maximum atomic E-state index is 13.1. The molecule has 0 aliphatic heterocycles. The zero-order valence-corrected chi connectivity index (χ0v) is 10.5. The Labute approximate surface area is 113 Å². The molecular weight excluding hydrogens is 261 g/mol. The first-order valence-corrected chi connectivity index (χ1v) is 6.05. The van der Waals surface area contributed by atoms with Crippen molar-refractivity contribution in [2.75, 3.05) is 0 Å². The molecule has 3 aromatic rings. The number of H-pyrrole nitrogens is 1. The highest BCUT2D eigenvalue weighted by Gasteiger charge is 2.17. The third-order valence-electron chi connectivity index (χ3n) is 2.84. The summed E-state index contributed by atoms with van der Waals surface area (Å²) in [6.45, 7) is 0. The fourth-order valence-electron chi connectivity index (χ4n) is 1.85. The second-order valence-corrected chi connectivity index (χ2v) is 4.35. The molecule has 0 aliphatic carbocycles. The highest BCUT2D eigenvalue weighted by Crippen LogP contribution is 2.20. The lowest BCUT2D eigenvalue weighted by Gasteiger charge is -2.03. The molecule has 102 valence electrons. The van der Waals surface area contributed by atoms with E-state index in [1.807, 2.05) is 0 Å². The number of nitrogens with two attached hydrogens (primary N) is 1. The molecular formula is C13H12FN5O. The second-order valence-electron chi connectivity index (χ2n) is 4.35. The Kier molecular flexibility index (Phi) is 3.26. The van der Waals surface area contributed by atoms with Gasteiger partial charge in [-0.1, -0.05) is 17.3 Å². The zero-order valence-electron chi connectivity index (χ0n) is 10.5. The van der Waals surface area contributed by atoms with Gasteiger partial charge in [0.15, 0.2) is 0 Å². The van der Waals surface area contributed by atoms with Gasteiger partial charge in [0.25, 0.3) is 0 Å². The van der Waals surface area contributed by atoms with Crippen molar-refractivity contribution in [1.82, 2.24) is 20.1 Å². The molecule has 0 saturated carbocycles. The van der Waals surface area contributed by atoms with Gasteiger partial charge in [-0.25, -0.2) is 9.37 Å². The third-order valence-corrected chi connectivity index (χ3v) is 2.84. The monoisotopic (exact) mass is 273 g/mol. The van der Waals surface area contributed by atoms with Gasteiger partial charge in [0.1, 0.15) is 5.82 Å². The normalized spacial score (nSPS) is 12.5. The molecule has 3 rings (SSSR count). The van der Waals surface area contributed by atoms with Gasteiger partial charge >= 0.3 is 0 Å². The first-order valence-electron chi connectivity index (χ1n) is 6.05. The van der Waals surface area contributed by atoms with Gasteiger partial charge < -0.3 is 15.2 Å². The van der Waals surface area contributed by atoms with Crippen molar-refractivity contribution in [2.24, 2.45) is 5.73 Å². The fraction of sp³-hybridized carbons (Fsp3) is 0.154. The molecule has 0 bridgehead atoms. The van der Waals surface area contributed by atoms with E-state index in [1.54, 1.807) is 24.7 Å². The van der Waals surface area contributed by atoms with Gasteiger partial charge in [0.2, 0.25) is 11.7 Å². The Hall–Kier alpha value is -2.54. The van der Waals surface area contributed by atoms with E-state index in [1.165, 1.54) is 12.1 Å². The van der Waals surface area contributed by atoms with Crippen LogP contribution in [-0.4, -0.2) is 20.1 Å². The highest BCUT2D eigenvalue weighted by molar-refractivity contribution is 5.53. The molecule has 7 heteroatoms. The Morgan fingerprint density at radius 1 is 1.40 bits per heavy atom. The molecule has 0 fully saturated rings. The summed E-state index contributed by atoms with van der Waals surface area (Å²) < 4.78 is 18.3. The number of benzene rings is 1. The number of hydrogen-bond donors (Lipinski definition) is 2. The van der Waals surface area contributed by atoms with E-state index in [9.17, 15) is 4.39 Å². The molecule has 0 spiro atoms. The molecule has 3 N–H and O–H groups in total. The van der Waals surface area contributed by atoms with E-state index < -0.39 is 6.04 Å². The van der Waals surface area contributed by atoms with Crippen molar-refractivity contribution in [3.8, 4) is 11.4 Å². The fourth-order valence-corrected chi connectivity index (χ4v) is 1.85. The predicted octanol–water partition coefficient (Wildman–Crippen LogP) is 1.84. The molecule has 0 saturated heterocycles. The highest BCUT2D eigenvalue weighted by atomic mass is 19.1. The Morgan fingerprint density at radius 3 is 3.05 bits per heavy atom. The average Bonchev–Trinajstić information content (AvgIpc) is 3.09. The summed E-state index contributed by atoms with van der Waals surface area (Å²) in [5.74, 6) is 0.272. The standard InChI is InChI=1S/C13H12FN5O/c14-9-3-1-2-8(4-9)12-18-13(20-19-12)11(15)5-10-6-16-7-17-10/h1-4,6-7,11H,5,15H2,(H,16,17)/t11-/m1/s1. The summed E-state index contributed by atoms with van der Waals surface area (Å²) in [5, 5.41) is 3.82. The lowest BCUT2D eigenvalue weighted by molar-refractivity contribution is 0.354. The molecule has 0 radical (unpaired) electrons. The van der Waals surface area contributed by atoms with Crippen molar-refractivity contribution < 1.29 is 8.91 Å². The minimum absolute atomic E-state index is 0.305. The average molecular weight is 273 g/mol. The van der Waals surface area contributed by atoms with Crippen LogP contribution >= 0.6 is 0 Å². The van der Waals surface area contributed by atoms with E-state index >= 15 is 0 Å². The van der Waals surface area contributed by atoms with E-state index in [0.717, 1.165) is 5.69 Å². The van der Waals surface area contributed by atoms with Gasteiger partial charge in [-0.05, 0) is 12.1 Å². The molecule has 0 aliphatic rings. The van der Waals surface area contributed by atoms with Crippen molar-refractivity contribution in [3.05, 3.63) is 54.2 Å². The number of hydrogen-bond acceptors (Lipinski definition) is 5. The molecule has 1 aromatic carbocycles. The summed E-state index contributed by atoms with van der Waals surface area (Å²) in [5.41, 5.74) is 7.42. The lowest BCUT2D eigenvalue weighted by Crippen LogP contribution is -2.13. The van der Waals surface area contributed by atoms with Crippen LogP contribution in [0, 0.1) is 5.82 Å². The first-order chi connectivity index (χ1) is 9.72. The van der Waals surface area contributed by atoms with Crippen LogP contribution in [-0.2, 0) is 6.42 Å². The Morgan fingerprint density at radius 2 is 2.30 bits per heavy atom. The van der Waals surface area contributed by atoms with Crippen LogP contribution < -0.4 is 5.73 Å². The van der Waals surface area contributed by atoms with Gasteiger partial charge in [-0.3, -0.25) is 0 Å². The maximum absolute atomic E-state index is 13.1. The second kappa shape index (κ2) is 5.22. The SMILES string of the molecule is N[C@H](Cc1cnc[nH]1)c1nc(-c2cccc(F)c2)no1. The summed E-state index contributed by atoms with van der Waals surface area (Å²) >= 11 is 0. The number of nitrogens with zero attached hydrogens (tertiary/aromatic N) is 3. The quantitative estimate of drug-likeness (QED) is 0.756. The van der Waals surface area contributed by atoms with Crippen LogP contribution in [0.3, 0.4) is 0 Å². The summed E-state index contributed by atoms with van der Waals surface area (Å²) in [7, 11) is 0. The molecule has 20 heavy (non-hydrogen) atoms. The van der Waals surface area contributed by atoms with Crippen molar-refractivity contribution in [1.29, 1.82) is 0 Å². The van der Waals surface area contributed by atoms with Crippen LogP contribution in [0.5, 0.6) is 0 Å². The maximum Gasteiger partial charge on any atom is 0.244 e. The number of rotatable bonds is 4. The molecule has 2 heterocycles. The van der Waals surface area contributed by atoms with Crippen LogP contribution in [0.4, 0.5) is 4.39 Å². The van der Waals surface area contributed by atoms with Crippen molar-refractivity contribution >= 4 is 0 Å². The number of aromatic amines is 1. The number of imidazole rings is 1. The number of nitrogens with one attached hydrogen (secondary N) is 1. The van der Waals surface area contributed by atoms with Gasteiger partial charge in [0, 0.05) is 23.9 Å². The first kappa shape index (κ1) is 12.5. The Balaban J connectivity index is 1.79. The van der Waals surface area contributed by atoms with E-state index in [-0.39, 0.29) is 5.82 Å². The molecule has 6 nitrogen and oxygen atoms in total. The Bertz CT molecular complexity index is 694. The van der Waals surface area contributed by atoms with Crippen molar-refractivity contribution in [3.63, 3.8) is 0 Å². The molecule has 1 atom stereocenters. The van der Waals surface area contributed by atoms with Crippen LogP contribution in [0.2, 0.25) is 0 Å². The zero-order chi connectivity index (χ0) is 13.9. The minimum atomic E-state index is -0.440. The van der Waals surface area contributed by atoms with Gasteiger partial charge in [0.05, 0.1) is 12.4 Å². The van der Waals surface area contributed by atoms with E-state index in [0.29, 0.717) is 23.7 Å². The summed E-state index contributed by atoms with van der Waals surface area (Å²) in [4.78, 5) is 11.1. The smallest absolute Gasteiger partial charge is 0.244 e.